The quantitative estimate of drug-likeness (QED) is 0.692. The smallest absolute Gasteiger partial charge is 0.119 e. The Balaban J connectivity index is 1.71. The van der Waals surface area contributed by atoms with Crippen LogP contribution in [-0.2, 0) is 0 Å². The van der Waals surface area contributed by atoms with E-state index >= 15 is 0 Å². The summed E-state index contributed by atoms with van der Waals surface area (Å²) in [6, 6.07) is 10.7. The third-order valence-corrected chi connectivity index (χ3v) is 3.52. The van der Waals surface area contributed by atoms with Crippen LogP contribution in [0.5, 0.6) is 5.75 Å². The van der Waals surface area contributed by atoms with Crippen molar-refractivity contribution in [1.82, 2.24) is 4.90 Å². The van der Waals surface area contributed by atoms with Gasteiger partial charge in [0.2, 0.25) is 0 Å². The number of alkyl halides is 1. The maximum atomic E-state index is 5.83. The average molecular weight is 254 g/mol. The predicted molar refractivity (Wildman–Crippen MR) is 71.9 cm³/mol. The Morgan fingerprint density at radius 2 is 1.94 bits per heavy atom. The molecule has 0 radical (unpaired) electrons. The van der Waals surface area contributed by atoms with Gasteiger partial charge in [0, 0.05) is 25.0 Å². The third kappa shape index (κ3) is 3.90. The number of ether oxygens (including phenoxy) is 1. The second kappa shape index (κ2) is 6.87. The van der Waals surface area contributed by atoms with Crippen LogP contribution in [0.1, 0.15) is 19.3 Å². The second-order valence-electron chi connectivity index (χ2n) is 4.47. The van der Waals surface area contributed by atoms with E-state index in [-0.39, 0.29) is 0 Å². The molecule has 1 aliphatic carbocycles. The Morgan fingerprint density at radius 3 is 2.53 bits per heavy atom. The molecule has 94 valence electrons. The lowest BCUT2D eigenvalue weighted by molar-refractivity contribution is 0.113. The van der Waals surface area contributed by atoms with Crippen LogP contribution in [0.15, 0.2) is 30.3 Å². The van der Waals surface area contributed by atoms with Gasteiger partial charge >= 0.3 is 0 Å². The van der Waals surface area contributed by atoms with Crippen LogP contribution in [0.25, 0.3) is 0 Å². The fourth-order valence-electron chi connectivity index (χ4n) is 2.13. The number of halogens is 1. The van der Waals surface area contributed by atoms with Crippen LogP contribution in [-0.4, -0.2) is 36.5 Å². The molecule has 0 amide bonds. The van der Waals surface area contributed by atoms with Gasteiger partial charge in [-0.15, -0.1) is 11.6 Å². The van der Waals surface area contributed by atoms with Crippen molar-refractivity contribution in [1.29, 1.82) is 0 Å². The van der Waals surface area contributed by atoms with E-state index in [9.17, 15) is 0 Å². The largest absolute Gasteiger partial charge is 0.492 e. The van der Waals surface area contributed by atoms with E-state index in [1.54, 1.807) is 0 Å². The van der Waals surface area contributed by atoms with Gasteiger partial charge < -0.3 is 4.74 Å². The summed E-state index contributed by atoms with van der Waals surface area (Å²) in [4.78, 5) is 2.46. The van der Waals surface area contributed by atoms with Crippen LogP contribution in [0.3, 0.4) is 0 Å². The molecule has 0 unspecified atom stereocenters. The van der Waals surface area contributed by atoms with Gasteiger partial charge in [-0.3, -0.25) is 4.90 Å². The third-order valence-electron chi connectivity index (χ3n) is 3.35. The number of hydrogen-bond acceptors (Lipinski definition) is 2. The molecule has 2 nitrogen and oxygen atoms in total. The molecule has 0 bridgehead atoms. The molecule has 0 N–H and O–H groups in total. The van der Waals surface area contributed by atoms with Crippen molar-refractivity contribution in [3.05, 3.63) is 30.3 Å². The van der Waals surface area contributed by atoms with E-state index in [1.165, 1.54) is 19.3 Å². The van der Waals surface area contributed by atoms with Crippen LogP contribution >= 0.6 is 11.6 Å². The summed E-state index contributed by atoms with van der Waals surface area (Å²) < 4.78 is 5.72. The van der Waals surface area contributed by atoms with Crippen LogP contribution < -0.4 is 4.74 Å². The molecule has 0 heterocycles. The molecule has 2 rings (SSSR count). The zero-order valence-electron chi connectivity index (χ0n) is 10.1. The maximum Gasteiger partial charge on any atom is 0.119 e. The minimum atomic E-state index is 0.710. The first kappa shape index (κ1) is 12.7. The summed E-state index contributed by atoms with van der Waals surface area (Å²) in [5.41, 5.74) is 0. The lowest BCUT2D eigenvalue weighted by Gasteiger charge is -2.37. The Hall–Kier alpha value is -0.730. The van der Waals surface area contributed by atoms with E-state index in [1.807, 2.05) is 30.3 Å². The highest BCUT2D eigenvalue weighted by molar-refractivity contribution is 6.18. The van der Waals surface area contributed by atoms with Gasteiger partial charge in [-0.05, 0) is 25.0 Å². The summed E-state index contributed by atoms with van der Waals surface area (Å²) in [7, 11) is 0. The molecule has 3 heteroatoms. The SMILES string of the molecule is ClCCN(CCOc1ccccc1)C1CCC1. The van der Waals surface area contributed by atoms with Crippen molar-refractivity contribution in [3.63, 3.8) is 0 Å². The first-order valence-electron chi connectivity index (χ1n) is 6.38. The van der Waals surface area contributed by atoms with E-state index in [0.29, 0.717) is 5.88 Å². The molecule has 0 aromatic heterocycles. The highest BCUT2D eigenvalue weighted by atomic mass is 35.5. The second-order valence-corrected chi connectivity index (χ2v) is 4.85. The summed E-state index contributed by atoms with van der Waals surface area (Å²) in [5, 5.41) is 0. The molecule has 1 aliphatic rings. The first-order chi connectivity index (χ1) is 8.40. The van der Waals surface area contributed by atoms with Crippen molar-refractivity contribution >= 4 is 11.6 Å². The molecular formula is C14H20ClNO. The summed E-state index contributed by atoms with van der Waals surface area (Å²) in [6.07, 6.45) is 4.01. The van der Waals surface area contributed by atoms with Gasteiger partial charge in [0.05, 0.1) is 0 Å². The van der Waals surface area contributed by atoms with Gasteiger partial charge in [-0.25, -0.2) is 0 Å². The molecular weight excluding hydrogens is 234 g/mol. The Kier molecular flexibility index (Phi) is 5.14. The molecule has 1 aromatic rings. The minimum absolute atomic E-state index is 0.710. The molecule has 1 saturated carbocycles. The normalized spacial score (nSPS) is 15.9. The van der Waals surface area contributed by atoms with E-state index < -0.39 is 0 Å². The molecule has 0 atom stereocenters. The van der Waals surface area contributed by atoms with Crippen molar-refractivity contribution in [2.24, 2.45) is 0 Å². The standard InChI is InChI=1S/C14H20ClNO/c15-9-10-16(13-5-4-6-13)11-12-17-14-7-2-1-3-8-14/h1-3,7-8,13H,4-6,9-12H2. The van der Waals surface area contributed by atoms with Crippen LogP contribution in [0.2, 0.25) is 0 Å². The van der Waals surface area contributed by atoms with E-state index in [2.05, 4.69) is 4.90 Å². The first-order valence-corrected chi connectivity index (χ1v) is 6.91. The van der Waals surface area contributed by atoms with Crippen molar-refractivity contribution in [2.45, 2.75) is 25.3 Å². The zero-order chi connectivity index (χ0) is 11.9. The number of nitrogens with zero attached hydrogens (tertiary/aromatic N) is 1. The molecule has 1 fully saturated rings. The Morgan fingerprint density at radius 1 is 1.18 bits per heavy atom. The minimum Gasteiger partial charge on any atom is -0.492 e. The van der Waals surface area contributed by atoms with Crippen LogP contribution in [0.4, 0.5) is 0 Å². The maximum absolute atomic E-state index is 5.83. The Labute approximate surface area is 109 Å². The van der Waals surface area contributed by atoms with Gasteiger partial charge in [-0.1, -0.05) is 24.6 Å². The highest BCUT2D eigenvalue weighted by Crippen LogP contribution is 2.24. The van der Waals surface area contributed by atoms with Crippen molar-refractivity contribution in [2.75, 3.05) is 25.6 Å². The number of para-hydroxylation sites is 1. The van der Waals surface area contributed by atoms with Gasteiger partial charge in [0.15, 0.2) is 0 Å². The number of rotatable bonds is 7. The molecule has 0 aliphatic heterocycles. The summed E-state index contributed by atoms with van der Waals surface area (Å²) in [5.74, 6) is 1.66. The fourth-order valence-corrected chi connectivity index (χ4v) is 2.35. The lowest BCUT2D eigenvalue weighted by Crippen LogP contribution is -2.43. The topological polar surface area (TPSA) is 12.5 Å². The van der Waals surface area contributed by atoms with Gasteiger partial charge in [0.25, 0.3) is 0 Å². The molecule has 1 aromatic carbocycles. The number of hydrogen-bond donors (Lipinski definition) is 0. The van der Waals surface area contributed by atoms with E-state index in [4.69, 9.17) is 16.3 Å². The zero-order valence-corrected chi connectivity index (χ0v) is 10.9. The lowest BCUT2D eigenvalue weighted by atomic mass is 9.91. The predicted octanol–water partition coefficient (Wildman–Crippen LogP) is 3.16. The van der Waals surface area contributed by atoms with Crippen LogP contribution in [0, 0.1) is 0 Å². The summed E-state index contributed by atoms with van der Waals surface area (Å²) >= 11 is 5.83. The molecule has 17 heavy (non-hydrogen) atoms. The Bertz CT molecular complexity index is 313. The fraction of sp³-hybridized carbons (Fsp3) is 0.571. The molecule has 0 saturated heterocycles. The van der Waals surface area contributed by atoms with Gasteiger partial charge in [-0.2, -0.15) is 0 Å². The number of benzene rings is 1. The van der Waals surface area contributed by atoms with E-state index in [0.717, 1.165) is 31.5 Å². The van der Waals surface area contributed by atoms with Gasteiger partial charge in [0.1, 0.15) is 12.4 Å². The van der Waals surface area contributed by atoms with Crippen molar-refractivity contribution in [3.8, 4) is 5.75 Å². The average Bonchev–Trinajstić information content (AvgIpc) is 2.28. The highest BCUT2D eigenvalue weighted by Gasteiger charge is 2.23. The summed E-state index contributed by atoms with van der Waals surface area (Å²) in [6.45, 7) is 2.70. The molecule has 0 spiro atoms. The van der Waals surface area contributed by atoms with Crippen molar-refractivity contribution < 1.29 is 4.74 Å². The monoisotopic (exact) mass is 253 g/mol.